The minimum Gasteiger partial charge on any atom is -0.497 e. The van der Waals surface area contributed by atoms with Crippen molar-refractivity contribution >= 4 is 17.1 Å². The van der Waals surface area contributed by atoms with E-state index in [1.165, 1.54) is 5.57 Å². The minimum absolute atomic E-state index is 0.124. The zero-order chi connectivity index (χ0) is 10.8. The Kier molecular flexibility index (Phi) is 4.03. The highest BCUT2D eigenvalue weighted by molar-refractivity contribution is 7.23. The van der Waals surface area contributed by atoms with Crippen LogP contribution in [0.1, 0.15) is 20.8 Å². The molecule has 2 atom stereocenters. The monoisotopic (exact) mass is 213 g/mol. The Morgan fingerprint density at radius 1 is 1.57 bits per heavy atom. The molecule has 0 aliphatic carbocycles. The molecule has 0 saturated heterocycles. The zero-order valence-electron chi connectivity index (χ0n) is 9.68. The van der Waals surface area contributed by atoms with Crippen molar-refractivity contribution in [2.75, 3.05) is 19.7 Å². The predicted molar refractivity (Wildman–Crippen MR) is 67.3 cm³/mol. The van der Waals surface area contributed by atoms with Crippen LogP contribution in [0, 0.1) is 5.92 Å². The number of ether oxygens (including phenoxy) is 1. The molecule has 2 unspecified atom stereocenters. The van der Waals surface area contributed by atoms with Gasteiger partial charge in [0.15, 0.2) is 0 Å². The highest BCUT2D eigenvalue weighted by Gasteiger charge is 2.29. The van der Waals surface area contributed by atoms with Crippen LogP contribution in [-0.4, -0.2) is 32.6 Å². The lowest BCUT2D eigenvalue weighted by Crippen LogP contribution is -2.42. The maximum Gasteiger partial charge on any atom is 0.121 e. The molecule has 1 rings (SSSR count). The second kappa shape index (κ2) is 4.68. The average Bonchev–Trinajstić information content (AvgIpc) is 1.99. The zero-order valence-corrected chi connectivity index (χ0v) is 10.8. The van der Waals surface area contributed by atoms with Crippen molar-refractivity contribution in [3.05, 3.63) is 11.3 Å². The van der Waals surface area contributed by atoms with Crippen LogP contribution >= 0.6 is 9.24 Å². The quantitative estimate of drug-likeness (QED) is 0.512. The van der Waals surface area contributed by atoms with Gasteiger partial charge >= 0.3 is 0 Å². The van der Waals surface area contributed by atoms with Crippen LogP contribution in [0.2, 0.25) is 0 Å². The number of allylic oxidation sites excluding steroid dienone is 1. The molecular weight excluding hydrogens is 192 g/mol. The molecule has 0 aromatic rings. The van der Waals surface area contributed by atoms with Gasteiger partial charge in [0.1, 0.15) is 14.5 Å². The third kappa shape index (κ3) is 2.74. The van der Waals surface area contributed by atoms with Gasteiger partial charge in [-0.1, -0.05) is 13.8 Å². The molecule has 80 valence electrons. The summed E-state index contributed by atoms with van der Waals surface area (Å²) in [5.41, 5.74) is 1.41. The third-order valence-electron chi connectivity index (χ3n) is 2.66. The van der Waals surface area contributed by atoms with Gasteiger partial charge in [0.2, 0.25) is 0 Å². The first-order valence-corrected chi connectivity index (χ1v) is 5.86. The average molecular weight is 213 g/mol. The second-order valence-electron chi connectivity index (χ2n) is 4.57. The molecule has 0 saturated carbocycles. The standard InChI is InChI=1S/C10H21BNOP/c1-7(2)9-8(3)13-5-4-12-6-10(9,11)14/h7,12H,4-6,11,14H2,1-3H3/b9-8-. The van der Waals surface area contributed by atoms with Crippen LogP contribution in [0.5, 0.6) is 0 Å². The number of nitrogens with one attached hydrogen (secondary N) is 1. The molecule has 2 nitrogen and oxygen atoms in total. The summed E-state index contributed by atoms with van der Waals surface area (Å²) in [5.74, 6) is 1.65. The maximum atomic E-state index is 5.70. The van der Waals surface area contributed by atoms with Crippen LogP contribution in [0.3, 0.4) is 0 Å². The Morgan fingerprint density at radius 3 is 2.79 bits per heavy atom. The van der Waals surface area contributed by atoms with Gasteiger partial charge in [-0.15, -0.1) is 9.24 Å². The number of hydrogen-bond donors (Lipinski definition) is 1. The summed E-state index contributed by atoms with van der Waals surface area (Å²) in [6, 6.07) is 0. The molecule has 0 spiro atoms. The first kappa shape index (κ1) is 12.1. The van der Waals surface area contributed by atoms with Crippen LogP contribution in [-0.2, 0) is 4.74 Å². The van der Waals surface area contributed by atoms with E-state index in [2.05, 4.69) is 43.2 Å². The van der Waals surface area contributed by atoms with Crippen molar-refractivity contribution in [2.24, 2.45) is 5.92 Å². The molecule has 0 radical (unpaired) electrons. The van der Waals surface area contributed by atoms with E-state index in [1.807, 2.05) is 0 Å². The summed E-state index contributed by atoms with van der Waals surface area (Å²) in [5, 5.41) is 3.53. The molecular formula is C10H21BNOP. The molecule has 4 heteroatoms. The molecule has 0 fully saturated rings. The van der Waals surface area contributed by atoms with E-state index in [0.29, 0.717) is 5.92 Å². The second-order valence-corrected chi connectivity index (χ2v) is 5.84. The lowest BCUT2D eigenvalue weighted by molar-refractivity contribution is 0.200. The number of hydrogen-bond acceptors (Lipinski definition) is 2. The van der Waals surface area contributed by atoms with Gasteiger partial charge in [-0.05, 0) is 23.5 Å². The molecule has 1 N–H and O–H groups in total. The highest BCUT2D eigenvalue weighted by Crippen LogP contribution is 2.33. The van der Waals surface area contributed by atoms with E-state index in [9.17, 15) is 0 Å². The maximum absolute atomic E-state index is 5.70. The van der Waals surface area contributed by atoms with E-state index >= 15 is 0 Å². The summed E-state index contributed by atoms with van der Waals surface area (Å²) in [6.07, 6.45) is 0. The van der Waals surface area contributed by atoms with Crippen molar-refractivity contribution < 1.29 is 4.74 Å². The fourth-order valence-corrected chi connectivity index (χ4v) is 2.95. The molecule has 0 aromatic carbocycles. The SMILES string of the molecule is BC1(P)CNCCO/C(C)=C\1C(C)C. The van der Waals surface area contributed by atoms with Crippen molar-refractivity contribution in [1.29, 1.82) is 0 Å². The van der Waals surface area contributed by atoms with E-state index in [4.69, 9.17) is 4.74 Å². The first-order chi connectivity index (χ1) is 6.45. The molecule has 14 heavy (non-hydrogen) atoms. The third-order valence-corrected chi connectivity index (χ3v) is 3.18. The minimum atomic E-state index is 0.124. The molecule has 0 aromatic heterocycles. The predicted octanol–water partition coefficient (Wildman–Crippen LogP) is 0.741. The van der Waals surface area contributed by atoms with Gasteiger partial charge in [-0.2, -0.15) is 0 Å². The fraction of sp³-hybridized carbons (Fsp3) is 0.800. The largest absolute Gasteiger partial charge is 0.497 e. The molecule has 0 bridgehead atoms. The summed E-state index contributed by atoms with van der Waals surface area (Å²) >= 11 is 0. The van der Waals surface area contributed by atoms with Gasteiger partial charge in [0.05, 0.1) is 5.76 Å². The Morgan fingerprint density at radius 2 is 2.21 bits per heavy atom. The lowest BCUT2D eigenvalue weighted by atomic mass is 9.74. The Bertz CT molecular complexity index is 238. The Hall–Kier alpha value is -0.00506. The Balaban J connectivity index is 3.01. The van der Waals surface area contributed by atoms with Crippen molar-refractivity contribution in [2.45, 2.75) is 25.8 Å². The Labute approximate surface area is 90.5 Å². The van der Waals surface area contributed by atoms with E-state index < -0.39 is 0 Å². The molecule has 1 heterocycles. The molecule has 1 aliphatic heterocycles. The van der Waals surface area contributed by atoms with Gasteiger partial charge in [-0.25, -0.2) is 0 Å². The normalized spacial score (nSPS) is 34.9. The first-order valence-electron chi connectivity index (χ1n) is 5.29. The van der Waals surface area contributed by atoms with Gasteiger partial charge < -0.3 is 10.1 Å². The fourth-order valence-electron chi connectivity index (χ4n) is 2.27. The van der Waals surface area contributed by atoms with Crippen molar-refractivity contribution in [3.8, 4) is 0 Å². The van der Waals surface area contributed by atoms with Gasteiger partial charge in [0.25, 0.3) is 0 Å². The number of rotatable bonds is 1. The van der Waals surface area contributed by atoms with E-state index in [-0.39, 0.29) is 5.06 Å². The topological polar surface area (TPSA) is 21.3 Å². The van der Waals surface area contributed by atoms with Gasteiger partial charge in [0, 0.05) is 13.1 Å². The molecule has 1 aliphatic rings. The van der Waals surface area contributed by atoms with Crippen LogP contribution in [0.15, 0.2) is 11.3 Å². The molecule has 0 amide bonds. The lowest BCUT2D eigenvalue weighted by Gasteiger charge is -2.34. The summed E-state index contributed by atoms with van der Waals surface area (Å²) in [7, 11) is 5.20. The van der Waals surface area contributed by atoms with E-state index in [0.717, 1.165) is 25.5 Å². The summed E-state index contributed by atoms with van der Waals surface area (Å²) < 4.78 is 5.70. The van der Waals surface area contributed by atoms with Crippen LogP contribution < -0.4 is 5.32 Å². The van der Waals surface area contributed by atoms with Crippen molar-refractivity contribution in [1.82, 2.24) is 5.32 Å². The van der Waals surface area contributed by atoms with Crippen molar-refractivity contribution in [3.63, 3.8) is 0 Å². The smallest absolute Gasteiger partial charge is 0.121 e. The van der Waals surface area contributed by atoms with Crippen LogP contribution in [0.25, 0.3) is 0 Å². The summed E-state index contributed by atoms with van der Waals surface area (Å²) in [6.45, 7) is 9.27. The summed E-state index contributed by atoms with van der Waals surface area (Å²) in [4.78, 5) is 0. The highest BCUT2D eigenvalue weighted by atomic mass is 31.0. The van der Waals surface area contributed by atoms with Crippen LogP contribution in [0.4, 0.5) is 0 Å². The van der Waals surface area contributed by atoms with Gasteiger partial charge in [-0.3, -0.25) is 0 Å². The van der Waals surface area contributed by atoms with E-state index in [1.54, 1.807) is 0 Å².